The van der Waals surface area contributed by atoms with Gasteiger partial charge in [-0.15, -0.1) is 0 Å². The van der Waals surface area contributed by atoms with Gasteiger partial charge in [-0.3, -0.25) is 14.9 Å². The monoisotopic (exact) mass is 342 g/mol. The molecule has 2 atom stereocenters. The average Bonchev–Trinajstić information content (AvgIpc) is 3.06. The molecule has 0 saturated carbocycles. The quantitative estimate of drug-likeness (QED) is 0.882. The predicted octanol–water partition coefficient (Wildman–Crippen LogP) is 1.18. The number of hydrogen-bond donors (Lipinski definition) is 1. The molecule has 0 radical (unpaired) electrons. The van der Waals surface area contributed by atoms with E-state index >= 15 is 0 Å². The molecule has 1 fully saturated rings. The summed E-state index contributed by atoms with van der Waals surface area (Å²) in [5.74, 6) is 0.851. The second-order valence-corrected chi connectivity index (χ2v) is 6.60. The van der Waals surface area contributed by atoms with Crippen LogP contribution in [0, 0.1) is 0 Å². The maximum absolute atomic E-state index is 12.9. The first-order valence-corrected chi connectivity index (χ1v) is 8.66. The van der Waals surface area contributed by atoms with Gasteiger partial charge < -0.3 is 14.5 Å². The van der Waals surface area contributed by atoms with E-state index in [4.69, 9.17) is 4.74 Å². The number of aromatic nitrogens is 4. The molecule has 0 aromatic carbocycles. The van der Waals surface area contributed by atoms with Crippen LogP contribution < -0.4 is 4.90 Å². The summed E-state index contributed by atoms with van der Waals surface area (Å²) in [6.07, 6.45) is 5.87. The number of fused-ring (bicyclic) bond motifs is 1. The number of aromatic amines is 1. The third kappa shape index (κ3) is 2.97. The minimum absolute atomic E-state index is 0.00223. The summed E-state index contributed by atoms with van der Waals surface area (Å²) in [6, 6.07) is 0. The molecule has 2 aliphatic rings. The fraction of sp³-hybridized carbons (Fsp3) is 0.529. The van der Waals surface area contributed by atoms with E-state index in [0.29, 0.717) is 18.8 Å². The summed E-state index contributed by atoms with van der Waals surface area (Å²) in [7, 11) is 0. The summed E-state index contributed by atoms with van der Waals surface area (Å²) in [4.78, 5) is 25.4. The molecular weight excluding hydrogens is 320 g/mol. The number of H-pyrrole nitrogens is 1. The highest BCUT2D eigenvalue weighted by Crippen LogP contribution is 2.30. The van der Waals surface area contributed by atoms with Crippen molar-refractivity contribution in [2.24, 2.45) is 0 Å². The summed E-state index contributed by atoms with van der Waals surface area (Å²) >= 11 is 0. The molecule has 0 bridgehead atoms. The van der Waals surface area contributed by atoms with Gasteiger partial charge in [-0.05, 0) is 13.8 Å². The van der Waals surface area contributed by atoms with Gasteiger partial charge in [0.2, 0.25) is 0 Å². The number of anilines is 1. The summed E-state index contributed by atoms with van der Waals surface area (Å²) < 4.78 is 5.80. The van der Waals surface area contributed by atoms with Crippen molar-refractivity contribution in [3.63, 3.8) is 0 Å². The summed E-state index contributed by atoms with van der Waals surface area (Å²) in [6.45, 7) is 6.80. The highest BCUT2D eigenvalue weighted by atomic mass is 16.5. The first-order chi connectivity index (χ1) is 12.1. The van der Waals surface area contributed by atoms with Crippen molar-refractivity contribution in [1.82, 2.24) is 25.1 Å². The van der Waals surface area contributed by atoms with Crippen LogP contribution in [0.1, 0.15) is 41.7 Å². The molecule has 8 heteroatoms. The van der Waals surface area contributed by atoms with Gasteiger partial charge in [0.05, 0.1) is 24.1 Å². The highest BCUT2D eigenvalue weighted by Gasteiger charge is 2.32. The smallest absolute Gasteiger partial charge is 0.274 e. The highest BCUT2D eigenvalue weighted by molar-refractivity contribution is 5.94. The van der Waals surface area contributed by atoms with Gasteiger partial charge in [0, 0.05) is 50.6 Å². The van der Waals surface area contributed by atoms with E-state index in [0.717, 1.165) is 36.6 Å². The van der Waals surface area contributed by atoms with Crippen LogP contribution in [0.2, 0.25) is 0 Å². The van der Waals surface area contributed by atoms with Gasteiger partial charge in [-0.1, -0.05) is 0 Å². The zero-order valence-corrected chi connectivity index (χ0v) is 14.5. The Morgan fingerprint density at radius 3 is 2.76 bits per heavy atom. The molecule has 132 valence electrons. The normalized spacial score (nSPS) is 23.4. The minimum atomic E-state index is -0.0543. The molecule has 1 amide bonds. The SMILES string of the molecule is C[C@@H]1Cc2c(C(=O)N3CCN(c4cnccn4)CC3)n[nH]c2[C@H](C)O1. The van der Waals surface area contributed by atoms with Crippen molar-refractivity contribution in [2.45, 2.75) is 32.5 Å². The molecule has 8 nitrogen and oxygen atoms in total. The number of rotatable bonds is 2. The van der Waals surface area contributed by atoms with Crippen LogP contribution in [-0.2, 0) is 11.2 Å². The third-order valence-electron chi connectivity index (χ3n) is 4.88. The number of carbonyl (C=O) groups is 1. The second kappa shape index (κ2) is 6.44. The lowest BCUT2D eigenvalue weighted by Crippen LogP contribution is -2.49. The fourth-order valence-corrected chi connectivity index (χ4v) is 3.59. The zero-order valence-electron chi connectivity index (χ0n) is 14.5. The van der Waals surface area contributed by atoms with E-state index in [2.05, 4.69) is 25.1 Å². The van der Waals surface area contributed by atoms with E-state index in [-0.39, 0.29) is 18.1 Å². The first kappa shape index (κ1) is 16.0. The molecule has 0 unspecified atom stereocenters. The van der Waals surface area contributed by atoms with Crippen LogP contribution in [0.4, 0.5) is 5.82 Å². The number of nitrogens with one attached hydrogen (secondary N) is 1. The molecular formula is C17H22N6O2. The molecule has 2 aliphatic heterocycles. The number of amides is 1. The molecule has 2 aromatic rings. The molecule has 1 N–H and O–H groups in total. The number of hydrogen-bond acceptors (Lipinski definition) is 6. The number of nitrogens with zero attached hydrogens (tertiary/aromatic N) is 5. The van der Waals surface area contributed by atoms with Crippen LogP contribution in [-0.4, -0.2) is 63.3 Å². The first-order valence-electron chi connectivity index (χ1n) is 8.66. The summed E-state index contributed by atoms with van der Waals surface area (Å²) in [5, 5.41) is 7.30. The van der Waals surface area contributed by atoms with Gasteiger partial charge in [0.25, 0.3) is 5.91 Å². The minimum Gasteiger partial charge on any atom is -0.369 e. The van der Waals surface area contributed by atoms with Crippen LogP contribution in [0.25, 0.3) is 0 Å². The molecule has 25 heavy (non-hydrogen) atoms. The van der Waals surface area contributed by atoms with Crippen LogP contribution in [0.5, 0.6) is 0 Å². The Kier molecular flexibility index (Phi) is 4.12. The molecule has 1 saturated heterocycles. The topological polar surface area (TPSA) is 87.2 Å². The molecule has 4 heterocycles. The van der Waals surface area contributed by atoms with Gasteiger partial charge >= 0.3 is 0 Å². The maximum atomic E-state index is 12.9. The molecule has 4 rings (SSSR count). The second-order valence-electron chi connectivity index (χ2n) is 6.60. The maximum Gasteiger partial charge on any atom is 0.274 e. The Balaban J connectivity index is 1.47. The Morgan fingerprint density at radius 1 is 1.24 bits per heavy atom. The van der Waals surface area contributed by atoms with Crippen molar-refractivity contribution < 1.29 is 9.53 Å². The van der Waals surface area contributed by atoms with Crippen LogP contribution in [0.3, 0.4) is 0 Å². The number of piperazine rings is 1. The lowest BCUT2D eigenvalue weighted by Gasteiger charge is -2.35. The lowest BCUT2D eigenvalue weighted by atomic mass is 9.99. The molecule has 0 spiro atoms. The fourth-order valence-electron chi connectivity index (χ4n) is 3.59. The van der Waals surface area contributed by atoms with Crippen molar-refractivity contribution >= 4 is 11.7 Å². The Labute approximate surface area is 146 Å². The van der Waals surface area contributed by atoms with Gasteiger partial charge in [0.15, 0.2) is 5.69 Å². The van der Waals surface area contributed by atoms with E-state index < -0.39 is 0 Å². The van der Waals surface area contributed by atoms with Gasteiger partial charge in [-0.2, -0.15) is 5.10 Å². The van der Waals surface area contributed by atoms with Crippen molar-refractivity contribution in [3.8, 4) is 0 Å². The summed E-state index contributed by atoms with van der Waals surface area (Å²) in [5.41, 5.74) is 2.48. The van der Waals surface area contributed by atoms with Crippen LogP contribution >= 0.6 is 0 Å². The third-order valence-corrected chi connectivity index (χ3v) is 4.88. The van der Waals surface area contributed by atoms with E-state index in [1.165, 1.54) is 0 Å². The Morgan fingerprint density at radius 2 is 2.04 bits per heavy atom. The van der Waals surface area contributed by atoms with Crippen LogP contribution in [0.15, 0.2) is 18.6 Å². The lowest BCUT2D eigenvalue weighted by molar-refractivity contribution is -0.00702. The zero-order chi connectivity index (χ0) is 17.4. The average molecular weight is 342 g/mol. The van der Waals surface area contributed by atoms with E-state index in [1.807, 2.05) is 18.7 Å². The van der Waals surface area contributed by atoms with Gasteiger partial charge in [0.1, 0.15) is 5.82 Å². The Bertz CT molecular complexity index is 754. The van der Waals surface area contributed by atoms with Crippen molar-refractivity contribution in [1.29, 1.82) is 0 Å². The standard InChI is InChI=1S/C17H22N6O2/c1-11-9-13-15(12(2)25-11)20-21-16(13)17(24)23-7-5-22(6-8-23)14-10-18-3-4-19-14/h3-4,10-12H,5-9H2,1-2H3,(H,20,21)/t11-,12+/m1/s1. The number of ether oxygens (including phenoxy) is 1. The van der Waals surface area contributed by atoms with Crippen molar-refractivity contribution in [3.05, 3.63) is 35.5 Å². The largest absolute Gasteiger partial charge is 0.369 e. The van der Waals surface area contributed by atoms with E-state index in [1.54, 1.807) is 18.6 Å². The molecule has 2 aromatic heterocycles. The van der Waals surface area contributed by atoms with E-state index in [9.17, 15) is 4.79 Å². The molecule has 0 aliphatic carbocycles. The van der Waals surface area contributed by atoms with Gasteiger partial charge in [-0.25, -0.2) is 4.98 Å². The predicted molar refractivity (Wildman–Crippen MR) is 91.4 cm³/mol. The number of carbonyl (C=O) groups excluding carboxylic acids is 1. The Hall–Kier alpha value is -2.48. The van der Waals surface area contributed by atoms with Crippen molar-refractivity contribution in [2.75, 3.05) is 31.1 Å².